The number of hydrogen-bond donors (Lipinski definition) is 1. The van der Waals surface area contributed by atoms with Crippen LogP contribution in [0.2, 0.25) is 0 Å². The van der Waals surface area contributed by atoms with E-state index in [4.69, 9.17) is 5.11 Å². The summed E-state index contributed by atoms with van der Waals surface area (Å²) in [6.45, 7) is 1.64. The van der Waals surface area contributed by atoms with Gasteiger partial charge in [0, 0.05) is 23.6 Å². The second kappa shape index (κ2) is 6.05. The lowest BCUT2D eigenvalue weighted by Crippen LogP contribution is -2.00. The molecule has 0 radical (unpaired) electrons. The smallest absolute Gasteiger partial charge is 0.328 e. The highest BCUT2D eigenvalue weighted by molar-refractivity contribution is 5.96. The van der Waals surface area contributed by atoms with Gasteiger partial charge >= 0.3 is 5.97 Å². The maximum atomic E-state index is 12.8. The summed E-state index contributed by atoms with van der Waals surface area (Å²) in [5.74, 6) is -1.45. The minimum atomic E-state index is -2.76. The molecule has 1 aromatic rings. The molecule has 0 atom stereocenters. The fraction of sp³-hybridized carbons (Fsp3) is 0.231. The molecule has 1 N–H and O–H groups in total. The van der Waals surface area contributed by atoms with Crippen LogP contribution in [0.5, 0.6) is 0 Å². The zero-order valence-corrected chi connectivity index (χ0v) is 9.69. The van der Waals surface area contributed by atoms with Gasteiger partial charge in [-0.3, -0.25) is 4.79 Å². The van der Waals surface area contributed by atoms with Crippen LogP contribution in [-0.4, -0.2) is 16.9 Å². The number of carboxylic acids is 1. The van der Waals surface area contributed by atoms with Crippen LogP contribution in [0, 0.1) is 0 Å². The number of ketones is 1. The number of carbonyl (C=O) groups is 2. The Morgan fingerprint density at radius 1 is 1.39 bits per heavy atom. The van der Waals surface area contributed by atoms with Gasteiger partial charge in [0.1, 0.15) is 0 Å². The molecule has 0 bridgehead atoms. The van der Waals surface area contributed by atoms with Gasteiger partial charge in [-0.05, 0) is 17.7 Å². The van der Waals surface area contributed by atoms with Crippen LogP contribution in [0.3, 0.4) is 0 Å². The van der Waals surface area contributed by atoms with Crippen LogP contribution in [0.4, 0.5) is 8.78 Å². The summed E-state index contributed by atoms with van der Waals surface area (Å²) in [5, 5.41) is 8.46. The van der Waals surface area contributed by atoms with E-state index in [1.54, 1.807) is 6.92 Å². The van der Waals surface area contributed by atoms with E-state index in [2.05, 4.69) is 0 Å². The van der Waals surface area contributed by atoms with Crippen molar-refractivity contribution in [1.29, 1.82) is 0 Å². The normalized spacial score (nSPS) is 11.1. The number of aliphatic carboxylic acids is 1. The van der Waals surface area contributed by atoms with E-state index in [1.165, 1.54) is 12.1 Å². The van der Waals surface area contributed by atoms with Crippen molar-refractivity contribution in [2.45, 2.75) is 19.8 Å². The van der Waals surface area contributed by atoms with Crippen LogP contribution in [0.1, 0.15) is 41.3 Å². The molecule has 0 aromatic heterocycles. The molecule has 3 nitrogen and oxygen atoms in total. The Labute approximate surface area is 103 Å². The summed E-state index contributed by atoms with van der Waals surface area (Å²) in [7, 11) is 0. The number of Topliss-reactive ketones (excluding diaryl/α,β-unsaturated/α-hetero) is 1. The highest BCUT2D eigenvalue weighted by Crippen LogP contribution is 2.25. The lowest BCUT2D eigenvalue weighted by molar-refractivity contribution is -0.131. The molecule has 1 aromatic carbocycles. The topological polar surface area (TPSA) is 54.4 Å². The molecule has 0 aliphatic rings. The van der Waals surface area contributed by atoms with Gasteiger partial charge in [0.05, 0.1) is 0 Å². The fourth-order valence-electron chi connectivity index (χ4n) is 1.45. The van der Waals surface area contributed by atoms with Crippen molar-refractivity contribution in [2.24, 2.45) is 0 Å². The zero-order valence-electron chi connectivity index (χ0n) is 9.69. The minimum Gasteiger partial charge on any atom is -0.478 e. The van der Waals surface area contributed by atoms with Crippen LogP contribution in [0.15, 0.2) is 24.3 Å². The summed E-state index contributed by atoms with van der Waals surface area (Å²) in [6, 6.07) is 3.85. The number of halogens is 2. The molecule has 0 aliphatic heterocycles. The van der Waals surface area contributed by atoms with Crippen molar-refractivity contribution < 1.29 is 23.5 Å². The summed E-state index contributed by atoms with van der Waals surface area (Å²) in [6.07, 6.45) is -0.664. The van der Waals surface area contributed by atoms with Gasteiger partial charge in [-0.25, -0.2) is 13.6 Å². The molecule has 5 heteroatoms. The Morgan fingerprint density at radius 3 is 2.56 bits per heavy atom. The highest BCUT2D eigenvalue weighted by Gasteiger charge is 2.14. The average Bonchev–Trinajstić information content (AvgIpc) is 2.34. The molecule has 0 saturated carbocycles. The molecule has 0 spiro atoms. The van der Waals surface area contributed by atoms with E-state index in [1.807, 2.05) is 0 Å². The number of carbonyl (C=O) groups excluding carboxylic acids is 1. The molecule has 0 heterocycles. The van der Waals surface area contributed by atoms with Crippen LogP contribution in [0.25, 0.3) is 6.08 Å². The molecule has 0 amide bonds. The van der Waals surface area contributed by atoms with Crippen LogP contribution < -0.4 is 0 Å². The van der Waals surface area contributed by atoms with E-state index >= 15 is 0 Å². The van der Waals surface area contributed by atoms with Crippen LogP contribution >= 0.6 is 0 Å². The summed E-state index contributed by atoms with van der Waals surface area (Å²) < 4.78 is 25.6. The first-order valence-corrected chi connectivity index (χ1v) is 5.32. The Hall–Kier alpha value is -2.04. The zero-order chi connectivity index (χ0) is 13.7. The van der Waals surface area contributed by atoms with Crippen molar-refractivity contribution in [3.05, 3.63) is 41.0 Å². The highest BCUT2D eigenvalue weighted by atomic mass is 19.3. The molecule has 18 heavy (non-hydrogen) atoms. The number of benzene rings is 1. The third-order valence-electron chi connectivity index (χ3n) is 2.37. The number of alkyl halides is 2. The molecule has 96 valence electrons. The second-order valence-electron chi connectivity index (χ2n) is 3.59. The number of rotatable bonds is 5. The van der Waals surface area contributed by atoms with Gasteiger partial charge in [0.25, 0.3) is 6.43 Å². The SMILES string of the molecule is CCC(=O)c1ccc(/C=C/C(=O)O)c(C(F)F)c1. The lowest BCUT2D eigenvalue weighted by Gasteiger charge is -2.07. The first-order valence-electron chi connectivity index (χ1n) is 5.32. The Morgan fingerprint density at radius 2 is 2.06 bits per heavy atom. The molecular formula is C13H12F2O3. The maximum Gasteiger partial charge on any atom is 0.328 e. The molecule has 0 aliphatic carbocycles. The molecule has 1 rings (SSSR count). The van der Waals surface area contributed by atoms with Gasteiger partial charge < -0.3 is 5.11 Å². The van der Waals surface area contributed by atoms with Crippen molar-refractivity contribution in [3.63, 3.8) is 0 Å². The van der Waals surface area contributed by atoms with Gasteiger partial charge in [-0.2, -0.15) is 0 Å². The summed E-state index contributed by atoms with van der Waals surface area (Å²) >= 11 is 0. The van der Waals surface area contributed by atoms with Gasteiger partial charge in [-0.15, -0.1) is 0 Å². The molecule has 0 saturated heterocycles. The monoisotopic (exact) mass is 254 g/mol. The fourth-order valence-corrected chi connectivity index (χ4v) is 1.45. The van der Waals surface area contributed by atoms with Gasteiger partial charge in [0.15, 0.2) is 5.78 Å². The minimum absolute atomic E-state index is 0.0973. The van der Waals surface area contributed by atoms with E-state index in [-0.39, 0.29) is 28.9 Å². The number of hydrogen-bond acceptors (Lipinski definition) is 2. The Balaban J connectivity index is 3.20. The quantitative estimate of drug-likeness (QED) is 0.647. The third-order valence-corrected chi connectivity index (χ3v) is 2.37. The third kappa shape index (κ3) is 3.48. The predicted octanol–water partition coefficient (Wildman–Crippen LogP) is 3.31. The summed E-state index contributed by atoms with van der Waals surface area (Å²) in [5.41, 5.74) is -0.0351. The molecule has 0 unspecified atom stereocenters. The van der Waals surface area contributed by atoms with Crippen molar-refractivity contribution in [2.75, 3.05) is 0 Å². The van der Waals surface area contributed by atoms with Gasteiger partial charge in [0.2, 0.25) is 0 Å². The van der Waals surface area contributed by atoms with Crippen LogP contribution in [-0.2, 0) is 4.79 Å². The standard InChI is InChI=1S/C13H12F2O3/c1-2-11(16)9-4-3-8(5-6-12(17)18)10(7-9)13(14)15/h3-7,13H,2H2,1H3,(H,17,18)/b6-5+. The first-order chi connectivity index (χ1) is 8.45. The maximum absolute atomic E-state index is 12.8. The number of carboxylic acid groups (broad SMARTS) is 1. The predicted molar refractivity (Wildman–Crippen MR) is 62.7 cm³/mol. The largest absolute Gasteiger partial charge is 0.478 e. The van der Waals surface area contributed by atoms with E-state index < -0.39 is 12.4 Å². The summed E-state index contributed by atoms with van der Waals surface area (Å²) in [4.78, 5) is 21.8. The van der Waals surface area contributed by atoms with E-state index in [9.17, 15) is 18.4 Å². The van der Waals surface area contributed by atoms with E-state index in [0.29, 0.717) is 0 Å². The second-order valence-corrected chi connectivity index (χ2v) is 3.59. The van der Waals surface area contributed by atoms with Crippen molar-refractivity contribution in [3.8, 4) is 0 Å². The van der Waals surface area contributed by atoms with E-state index in [0.717, 1.165) is 18.2 Å². The first kappa shape index (κ1) is 14.0. The average molecular weight is 254 g/mol. The van der Waals surface area contributed by atoms with Crippen molar-refractivity contribution >= 4 is 17.8 Å². The van der Waals surface area contributed by atoms with Crippen molar-refractivity contribution in [1.82, 2.24) is 0 Å². The molecular weight excluding hydrogens is 242 g/mol. The Kier molecular flexibility index (Phi) is 4.71. The van der Waals surface area contributed by atoms with Gasteiger partial charge in [-0.1, -0.05) is 19.1 Å². The molecule has 0 fully saturated rings. The lowest BCUT2D eigenvalue weighted by atomic mass is 10.0. The Bertz CT molecular complexity index is 493.